The summed E-state index contributed by atoms with van der Waals surface area (Å²) in [5.41, 5.74) is 5.06. The molecule has 0 amide bonds. The summed E-state index contributed by atoms with van der Waals surface area (Å²) in [6, 6.07) is 1.45. The van der Waals surface area contributed by atoms with Crippen LogP contribution in [0.15, 0.2) is 0 Å². The SMILES string of the molecule is C[Si](C)(C)CCCCCCCCCC(N)(CO)CO.Cl. The van der Waals surface area contributed by atoms with E-state index in [1.165, 1.54) is 38.1 Å². The molecule has 0 fully saturated rings. The van der Waals surface area contributed by atoms with Crippen molar-refractivity contribution in [1.29, 1.82) is 0 Å². The number of halogens is 1. The Morgan fingerprint density at radius 2 is 1.20 bits per heavy atom. The van der Waals surface area contributed by atoms with Crippen LogP contribution in [0, 0.1) is 0 Å². The third-order valence-corrected chi connectivity index (χ3v) is 5.58. The first kappa shape index (κ1) is 22.7. The Bertz CT molecular complexity index is 218. The van der Waals surface area contributed by atoms with Crippen LogP contribution >= 0.6 is 12.4 Å². The van der Waals surface area contributed by atoms with Crippen LogP contribution in [-0.4, -0.2) is 37.0 Å². The highest BCUT2D eigenvalue weighted by atomic mass is 35.5. The number of nitrogens with two attached hydrogens (primary N) is 1. The molecule has 0 aliphatic heterocycles. The molecule has 4 N–H and O–H groups in total. The van der Waals surface area contributed by atoms with E-state index in [0.29, 0.717) is 0 Å². The van der Waals surface area contributed by atoms with E-state index >= 15 is 0 Å². The number of aliphatic hydroxyl groups excluding tert-OH is 2. The highest BCUT2D eigenvalue weighted by Gasteiger charge is 2.21. The molecular formula is C15H36ClNO2Si. The normalized spacial score (nSPS) is 12.3. The van der Waals surface area contributed by atoms with Crippen LogP contribution in [0.1, 0.15) is 51.4 Å². The molecule has 0 spiro atoms. The number of rotatable bonds is 12. The van der Waals surface area contributed by atoms with Crippen molar-refractivity contribution in [1.82, 2.24) is 0 Å². The van der Waals surface area contributed by atoms with Crippen LogP contribution < -0.4 is 5.73 Å². The maximum Gasteiger partial charge on any atom is 0.0633 e. The summed E-state index contributed by atoms with van der Waals surface area (Å²) in [6.07, 6.45) is 9.56. The number of hydrogen-bond donors (Lipinski definition) is 3. The Kier molecular flexibility index (Phi) is 13.6. The molecule has 0 aromatic rings. The zero-order chi connectivity index (χ0) is 14.8. The smallest absolute Gasteiger partial charge is 0.0633 e. The van der Waals surface area contributed by atoms with Crippen molar-refractivity contribution in [2.75, 3.05) is 13.2 Å². The van der Waals surface area contributed by atoms with E-state index in [2.05, 4.69) is 19.6 Å². The number of hydrogen-bond acceptors (Lipinski definition) is 3. The lowest BCUT2D eigenvalue weighted by Gasteiger charge is -2.24. The van der Waals surface area contributed by atoms with Crippen LogP contribution in [0.2, 0.25) is 25.7 Å². The summed E-state index contributed by atoms with van der Waals surface area (Å²) in [6.45, 7) is 7.07. The van der Waals surface area contributed by atoms with Gasteiger partial charge in [-0.3, -0.25) is 0 Å². The zero-order valence-corrected chi connectivity index (χ0v) is 15.5. The Morgan fingerprint density at radius 1 is 0.800 bits per heavy atom. The fraction of sp³-hybridized carbons (Fsp3) is 1.00. The maximum atomic E-state index is 9.07. The number of unbranched alkanes of at least 4 members (excludes halogenated alkanes) is 6. The van der Waals surface area contributed by atoms with Crippen molar-refractivity contribution < 1.29 is 10.2 Å². The Balaban J connectivity index is 0. The molecule has 0 unspecified atom stereocenters. The first-order valence-electron chi connectivity index (χ1n) is 7.84. The Morgan fingerprint density at radius 3 is 1.60 bits per heavy atom. The molecule has 3 nitrogen and oxygen atoms in total. The van der Waals surface area contributed by atoms with E-state index in [4.69, 9.17) is 15.9 Å². The Hall–Kier alpha value is 0.387. The largest absolute Gasteiger partial charge is 0.394 e. The van der Waals surface area contributed by atoms with Crippen molar-refractivity contribution in [3.05, 3.63) is 0 Å². The van der Waals surface area contributed by atoms with Crippen LogP contribution in [0.3, 0.4) is 0 Å². The monoisotopic (exact) mass is 325 g/mol. The van der Waals surface area contributed by atoms with Crippen molar-refractivity contribution in [2.24, 2.45) is 5.73 Å². The van der Waals surface area contributed by atoms with Crippen molar-refractivity contribution in [2.45, 2.75) is 82.6 Å². The topological polar surface area (TPSA) is 66.5 Å². The van der Waals surface area contributed by atoms with E-state index in [0.717, 1.165) is 19.3 Å². The van der Waals surface area contributed by atoms with Gasteiger partial charge in [0, 0.05) is 8.07 Å². The Labute approximate surface area is 132 Å². The van der Waals surface area contributed by atoms with Gasteiger partial charge in [-0.15, -0.1) is 12.4 Å². The first-order valence-corrected chi connectivity index (χ1v) is 11.5. The van der Waals surface area contributed by atoms with Gasteiger partial charge >= 0.3 is 0 Å². The molecule has 0 aliphatic carbocycles. The predicted molar refractivity (Wildman–Crippen MR) is 93.4 cm³/mol. The van der Waals surface area contributed by atoms with Gasteiger partial charge in [0.05, 0.1) is 18.8 Å². The van der Waals surface area contributed by atoms with Gasteiger partial charge in [-0.1, -0.05) is 70.6 Å². The lowest BCUT2D eigenvalue weighted by molar-refractivity contribution is 0.112. The van der Waals surface area contributed by atoms with E-state index in [-0.39, 0.29) is 25.6 Å². The lowest BCUT2D eigenvalue weighted by atomic mass is 9.95. The molecule has 0 heterocycles. The highest BCUT2D eigenvalue weighted by Crippen LogP contribution is 2.17. The fourth-order valence-corrected chi connectivity index (χ4v) is 3.54. The molecule has 5 heteroatoms. The van der Waals surface area contributed by atoms with Crippen molar-refractivity contribution >= 4 is 20.5 Å². The molecule has 0 rings (SSSR count). The summed E-state index contributed by atoms with van der Waals surface area (Å²) in [7, 11) is -0.829. The second-order valence-corrected chi connectivity index (χ2v) is 12.8. The summed E-state index contributed by atoms with van der Waals surface area (Å²) >= 11 is 0. The lowest BCUT2D eigenvalue weighted by Crippen LogP contribution is -2.47. The third-order valence-electron chi connectivity index (χ3n) is 3.73. The minimum atomic E-state index is -0.829. The summed E-state index contributed by atoms with van der Waals surface area (Å²) in [5.74, 6) is 0. The molecule has 124 valence electrons. The second kappa shape index (κ2) is 12.0. The average molecular weight is 326 g/mol. The minimum absolute atomic E-state index is 0. The third kappa shape index (κ3) is 13.4. The predicted octanol–water partition coefficient (Wildman–Crippen LogP) is 3.55. The molecule has 0 aromatic carbocycles. The minimum Gasteiger partial charge on any atom is -0.394 e. The standard InChI is InChI=1S/C15H35NO2Si.ClH/c1-19(2,3)12-10-8-6-4-5-7-9-11-15(16,13-17)14-18;/h17-18H,4-14,16H2,1-3H3;1H. The molecule has 20 heavy (non-hydrogen) atoms. The molecule has 0 aromatic heterocycles. The molecule has 0 aliphatic rings. The second-order valence-electron chi connectivity index (χ2n) is 7.21. The average Bonchev–Trinajstić information content (AvgIpc) is 2.35. The van der Waals surface area contributed by atoms with Crippen LogP contribution in [0.5, 0.6) is 0 Å². The molecule has 0 radical (unpaired) electrons. The van der Waals surface area contributed by atoms with Crippen molar-refractivity contribution in [3.63, 3.8) is 0 Å². The van der Waals surface area contributed by atoms with Gasteiger partial charge in [0.15, 0.2) is 0 Å². The van der Waals surface area contributed by atoms with Gasteiger partial charge in [0.2, 0.25) is 0 Å². The summed E-state index contributed by atoms with van der Waals surface area (Å²) in [5, 5.41) is 18.1. The summed E-state index contributed by atoms with van der Waals surface area (Å²) < 4.78 is 0. The highest BCUT2D eigenvalue weighted by molar-refractivity contribution is 6.76. The molecule has 0 saturated carbocycles. The van der Waals surface area contributed by atoms with Gasteiger partial charge in [-0.2, -0.15) is 0 Å². The van der Waals surface area contributed by atoms with E-state index in [1.54, 1.807) is 0 Å². The van der Waals surface area contributed by atoms with Crippen LogP contribution in [0.25, 0.3) is 0 Å². The van der Waals surface area contributed by atoms with Gasteiger partial charge in [0.25, 0.3) is 0 Å². The van der Waals surface area contributed by atoms with E-state index < -0.39 is 13.6 Å². The maximum absolute atomic E-state index is 9.07. The van der Waals surface area contributed by atoms with Gasteiger partial charge < -0.3 is 15.9 Å². The molecule has 0 bridgehead atoms. The first-order chi connectivity index (χ1) is 8.83. The molecule has 0 atom stereocenters. The van der Waals surface area contributed by atoms with Gasteiger partial charge in [0.1, 0.15) is 0 Å². The molecular weight excluding hydrogens is 290 g/mol. The van der Waals surface area contributed by atoms with E-state index in [1.807, 2.05) is 0 Å². The zero-order valence-electron chi connectivity index (χ0n) is 13.7. The molecule has 0 saturated heterocycles. The summed E-state index contributed by atoms with van der Waals surface area (Å²) in [4.78, 5) is 0. The van der Waals surface area contributed by atoms with Crippen molar-refractivity contribution in [3.8, 4) is 0 Å². The quantitative estimate of drug-likeness (QED) is 0.380. The number of aliphatic hydroxyl groups is 2. The van der Waals surface area contributed by atoms with Gasteiger partial charge in [-0.25, -0.2) is 0 Å². The van der Waals surface area contributed by atoms with Crippen LogP contribution in [-0.2, 0) is 0 Å². The fourth-order valence-electron chi connectivity index (χ4n) is 2.22. The van der Waals surface area contributed by atoms with E-state index in [9.17, 15) is 0 Å². The van der Waals surface area contributed by atoms with Crippen LogP contribution in [0.4, 0.5) is 0 Å². The van der Waals surface area contributed by atoms with Gasteiger partial charge in [-0.05, 0) is 6.42 Å².